The molecule has 6 heteroatoms. The smallest absolute Gasteiger partial charge is 0.408 e. The number of aliphatic carboxylic acids is 1. The molecular weight excluding hydrogens is 316 g/mol. The number of hydrogen-bond acceptors (Lipinski definition) is 4. The maximum Gasteiger partial charge on any atom is 0.408 e. The van der Waals surface area contributed by atoms with Gasteiger partial charge in [0.1, 0.15) is 18.4 Å². The van der Waals surface area contributed by atoms with E-state index in [1.807, 2.05) is 18.2 Å². The minimum absolute atomic E-state index is 0.0677. The van der Waals surface area contributed by atoms with E-state index in [9.17, 15) is 19.8 Å². The molecule has 1 atom stereocenters. The van der Waals surface area contributed by atoms with E-state index in [4.69, 9.17) is 4.74 Å². The first-order valence-corrected chi connectivity index (χ1v) is 7.02. The van der Waals surface area contributed by atoms with Gasteiger partial charge in [0.25, 0.3) is 0 Å². The van der Waals surface area contributed by atoms with E-state index < -0.39 is 18.1 Å². The van der Waals surface area contributed by atoms with Gasteiger partial charge < -0.3 is 20.3 Å². The van der Waals surface area contributed by atoms with Crippen molar-refractivity contribution in [1.82, 2.24) is 5.32 Å². The first kappa shape index (κ1) is 16.4. The Morgan fingerprint density at radius 1 is 1.30 bits per heavy atom. The van der Waals surface area contributed by atoms with Crippen LogP contribution in [0.3, 0.4) is 0 Å². The molecule has 0 saturated carbocycles. The summed E-state index contributed by atoms with van der Waals surface area (Å²) in [4.78, 5) is 23.0. The van der Waals surface area contributed by atoms with Crippen molar-refractivity contribution in [3.63, 3.8) is 0 Å². The van der Waals surface area contributed by atoms with Gasteiger partial charge in [0, 0.05) is 6.42 Å². The molecule has 0 unspecified atom stereocenters. The van der Waals surface area contributed by atoms with Crippen LogP contribution >= 0.6 is 0 Å². The molecule has 2 aromatic rings. The Morgan fingerprint density at radius 3 is 2.57 bits per heavy atom. The maximum atomic E-state index is 11.7. The second-order valence-corrected chi connectivity index (χ2v) is 4.97. The Hall–Kier alpha value is -3.02. The van der Waals surface area contributed by atoms with Crippen molar-refractivity contribution < 1.29 is 24.5 Å². The van der Waals surface area contributed by atoms with E-state index in [1.54, 1.807) is 24.3 Å². The Labute approximate surface area is 133 Å². The molecule has 6 nitrogen and oxygen atoms in total. The summed E-state index contributed by atoms with van der Waals surface area (Å²) in [7, 11) is 0. The molecule has 2 rings (SSSR count). The summed E-state index contributed by atoms with van der Waals surface area (Å²) < 4.78 is 5.01. The minimum Gasteiger partial charge on any atom is -0.508 e. The summed E-state index contributed by atoms with van der Waals surface area (Å²) in [6.07, 6.45) is -0.698. The van der Waals surface area contributed by atoms with Gasteiger partial charge in [-0.2, -0.15) is 0 Å². The van der Waals surface area contributed by atoms with Crippen LogP contribution in [-0.4, -0.2) is 28.3 Å². The lowest BCUT2D eigenvalue weighted by molar-refractivity contribution is -0.139. The summed E-state index contributed by atoms with van der Waals surface area (Å²) in [5, 5.41) is 20.7. The highest BCUT2D eigenvalue weighted by molar-refractivity contribution is 5.80. The quantitative estimate of drug-likeness (QED) is 0.754. The average molecular weight is 333 g/mol. The zero-order valence-electron chi connectivity index (χ0n) is 12.3. The van der Waals surface area contributed by atoms with Crippen LogP contribution in [0.1, 0.15) is 11.1 Å². The second kappa shape index (κ2) is 7.84. The zero-order chi connectivity index (χ0) is 16.7. The van der Waals surface area contributed by atoms with E-state index >= 15 is 0 Å². The fraction of sp³-hybridized carbons (Fsp3) is 0.176. The first-order valence-electron chi connectivity index (χ1n) is 7.02. The van der Waals surface area contributed by atoms with Gasteiger partial charge in [-0.05, 0) is 23.3 Å². The number of carbonyl (C=O) groups is 2. The Kier molecular flexibility index (Phi) is 5.57. The van der Waals surface area contributed by atoms with Crippen LogP contribution in [0, 0.1) is 0 Å². The fourth-order valence-electron chi connectivity index (χ4n) is 1.97. The average Bonchev–Trinajstić information content (AvgIpc) is 2.55. The second-order valence-electron chi connectivity index (χ2n) is 4.97. The maximum absolute atomic E-state index is 11.7. The number of amides is 1. The molecule has 3 N–H and O–H groups in total. The monoisotopic (exact) mass is 333 g/mol. The molecule has 0 fully saturated rings. The van der Waals surface area contributed by atoms with Crippen molar-refractivity contribution in [3.05, 3.63) is 65.7 Å². The van der Waals surface area contributed by atoms with E-state index in [0.29, 0.717) is 5.56 Å². The number of phenols is 1. The Morgan fingerprint density at radius 2 is 1.96 bits per heavy atom. The summed E-state index contributed by atoms with van der Waals surface area (Å²) in [5.41, 5.74) is 1.49. The molecule has 0 aliphatic heterocycles. The van der Waals surface area contributed by atoms with Crippen LogP contribution in [0.5, 0.6) is 5.75 Å². The number of phenolic OH excluding ortho intramolecular Hbond substituents is 1. The molecule has 0 aromatic heterocycles. The summed E-state index contributed by atoms with van der Waals surface area (Å²) in [5.74, 6) is -1.06. The van der Waals surface area contributed by atoms with E-state index in [1.165, 1.54) is 12.1 Å². The summed E-state index contributed by atoms with van der Waals surface area (Å²) in [6.45, 7) is 0.0677. The van der Waals surface area contributed by atoms with Crippen molar-refractivity contribution >= 4 is 12.1 Å². The van der Waals surface area contributed by atoms with Crippen LogP contribution in [-0.2, 0) is 22.6 Å². The van der Waals surface area contributed by atoms with Crippen LogP contribution in [0.4, 0.5) is 4.79 Å². The molecule has 0 saturated heterocycles. The number of rotatable bonds is 6. The van der Waals surface area contributed by atoms with Gasteiger partial charge in [-0.3, -0.25) is 0 Å². The molecule has 1 amide bonds. The molecule has 0 bridgehead atoms. The largest absolute Gasteiger partial charge is 0.508 e. The van der Waals surface area contributed by atoms with E-state index in [-0.39, 0.29) is 18.8 Å². The molecule has 0 aliphatic rings. The molecular formula is C17H17NO5. The molecule has 120 valence electrons. The topological polar surface area (TPSA) is 95.9 Å². The van der Waals surface area contributed by atoms with Gasteiger partial charge in [0.15, 0.2) is 0 Å². The number of benzene rings is 2. The van der Waals surface area contributed by atoms with Gasteiger partial charge in [0.2, 0.25) is 0 Å². The van der Waals surface area contributed by atoms with Crippen LogP contribution in [0.25, 0.3) is 0 Å². The number of aromatic hydroxyl groups is 1. The van der Waals surface area contributed by atoms with E-state index in [2.05, 4.69) is 5.32 Å². The van der Waals surface area contributed by atoms with Gasteiger partial charge in [-0.15, -0.1) is 0 Å². The molecule has 0 spiro atoms. The van der Waals surface area contributed by atoms with Gasteiger partial charge in [0.05, 0.1) is 0 Å². The van der Waals surface area contributed by atoms with Gasteiger partial charge in [-0.1, -0.05) is 42.5 Å². The van der Waals surface area contributed by atoms with Crippen LogP contribution < -0.4 is 5.32 Å². The third-order valence-electron chi connectivity index (χ3n) is 3.18. The Balaban J connectivity index is 1.89. The van der Waals surface area contributed by atoms with Crippen molar-refractivity contribution in [2.45, 2.75) is 19.1 Å². The van der Waals surface area contributed by atoms with Crippen molar-refractivity contribution in [3.8, 4) is 5.75 Å². The summed E-state index contributed by atoms with van der Waals surface area (Å²) in [6, 6.07) is 14.1. The minimum atomic E-state index is -1.16. The van der Waals surface area contributed by atoms with Crippen molar-refractivity contribution in [1.29, 1.82) is 0 Å². The first-order chi connectivity index (χ1) is 11.0. The number of carboxylic acids is 1. The van der Waals surface area contributed by atoms with Crippen LogP contribution in [0.15, 0.2) is 54.6 Å². The van der Waals surface area contributed by atoms with E-state index in [0.717, 1.165) is 5.56 Å². The lowest BCUT2D eigenvalue weighted by Gasteiger charge is -2.14. The number of carboxylic acid groups (broad SMARTS) is 1. The number of nitrogens with one attached hydrogen (secondary N) is 1. The van der Waals surface area contributed by atoms with Crippen LogP contribution in [0.2, 0.25) is 0 Å². The van der Waals surface area contributed by atoms with Gasteiger partial charge >= 0.3 is 12.1 Å². The standard InChI is InChI=1S/C17H17NO5/c19-14-8-6-12(7-9-14)10-15(16(20)21)18-17(22)23-11-13-4-2-1-3-5-13/h1-9,15,19H,10-11H2,(H,18,22)(H,20,21)/t15-/m0/s1/i6+2,7+2,8+2,9+2,10+2,12+2,14+2,15+2,16+2. The SMILES string of the molecule is O=C(N[14C@@H]([14CH2][14c]1[14cH][14cH][14c](O)[14cH][14cH]1)[14C](=O)O)OCc1ccccc1. The predicted molar refractivity (Wildman–Crippen MR) is 83.0 cm³/mol. The number of hydrogen-bond donors (Lipinski definition) is 3. The highest BCUT2D eigenvalue weighted by Crippen LogP contribution is 2.11. The molecule has 0 aliphatic carbocycles. The summed E-state index contributed by atoms with van der Waals surface area (Å²) >= 11 is 0. The third-order valence-corrected chi connectivity index (χ3v) is 3.18. The zero-order valence-corrected chi connectivity index (χ0v) is 12.3. The number of alkyl carbamates (subject to hydrolysis) is 1. The highest BCUT2D eigenvalue weighted by atomic mass is 16.7. The van der Waals surface area contributed by atoms with Gasteiger partial charge in [-0.25, -0.2) is 9.59 Å². The Bertz CT molecular complexity index is 654. The normalized spacial score (nSPS) is 11.5. The molecule has 23 heavy (non-hydrogen) atoms. The third kappa shape index (κ3) is 5.35. The molecule has 2 aromatic carbocycles. The van der Waals surface area contributed by atoms with Crippen molar-refractivity contribution in [2.75, 3.05) is 0 Å². The predicted octanol–water partition coefficient (Wildman–Crippen LogP) is 2.31. The highest BCUT2D eigenvalue weighted by Gasteiger charge is 2.21. The van der Waals surface area contributed by atoms with Crippen molar-refractivity contribution in [2.24, 2.45) is 0 Å². The lowest BCUT2D eigenvalue weighted by Crippen LogP contribution is -2.42. The molecule has 0 radical (unpaired) electrons. The number of ether oxygens (including phenoxy) is 1. The number of carbonyl (C=O) groups excluding carboxylic acids is 1. The lowest BCUT2D eigenvalue weighted by atomic mass is 10.2. The molecule has 0 heterocycles. The fourth-order valence-corrected chi connectivity index (χ4v) is 1.97.